The molecule has 5 aromatic rings. The number of benzene rings is 5. The summed E-state index contributed by atoms with van der Waals surface area (Å²) >= 11 is 0. The first kappa shape index (κ1) is 35.0. The number of hydrogen-bond acceptors (Lipinski definition) is 0. The van der Waals surface area contributed by atoms with E-state index in [1.54, 1.807) is 33.4 Å². The average molecular weight is 719 g/mol. The second kappa shape index (κ2) is 11.6. The second-order valence-electron chi connectivity index (χ2n) is 19.8. The van der Waals surface area contributed by atoms with Gasteiger partial charge in [-0.1, -0.05) is 189 Å². The first-order valence-electron chi connectivity index (χ1n) is 21.3. The molecule has 5 aliphatic rings. The number of hydrogen-bond donors (Lipinski definition) is 0. The van der Waals surface area contributed by atoms with Crippen molar-refractivity contribution < 1.29 is 0 Å². The zero-order chi connectivity index (χ0) is 38.3. The molecule has 278 valence electrons. The van der Waals surface area contributed by atoms with Crippen molar-refractivity contribution in [3.63, 3.8) is 0 Å². The summed E-state index contributed by atoms with van der Waals surface area (Å²) in [7, 11) is 0. The minimum absolute atomic E-state index is 0.00135. The van der Waals surface area contributed by atoms with Gasteiger partial charge in [0.15, 0.2) is 0 Å². The van der Waals surface area contributed by atoms with Gasteiger partial charge < -0.3 is 0 Å². The van der Waals surface area contributed by atoms with Crippen LogP contribution in [0.3, 0.4) is 0 Å². The van der Waals surface area contributed by atoms with Crippen molar-refractivity contribution in [1.82, 2.24) is 0 Å². The lowest BCUT2D eigenvalue weighted by atomic mass is 9.29. The highest BCUT2D eigenvalue weighted by Gasteiger charge is 2.73. The Labute approximate surface area is 330 Å². The third-order valence-electron chi connectivity index (χ3n) is 17.5. The molecular weight excluding hydrogens is 661 g/mol. The molecule has 5 aromatic carbocycles. The van der Waals surface area contributed by atoms with Crippen LogP contribution in [0.4, 0.5) is 0 Å². The predicted molar refractivity (Wildman–Crippen MR) is 236 cm³/mol. The fraction of sp³-hybridized carbons (Fsp3) is 0.382. The summed E-state index contributed by atoms with van der Waals surface area (Å²) in [5.74, 6) is 0.676. The maximum absolute atomic E-state index is 2.74. The molecule has 5 aliphatic carbocycles. The van der Waals surface area contributed by atoms with Crippen LogP contribution in [0.15, 0.2) is 132 Å². The van der Waals surface area contributed by atoms with E-state index < -0.39 is 0 Å². The maximum atomic E-state index is 2.74. The lowest BCUT2D eigenvalue weighted by molar-refractivity contribution is -0.185. The average Bonchev–Trinajstić information content (AvgIpc) is 3.74. The molecule has 0 aromatic heterocycles. The van der Waals surface area contributed by atoms with Gasteiger partial charge in [-0.25, -0.2) is 0 Å². The first-order valence-corrected chi connectivity index (χ1v) is 21.3. The van der Waals surface area contributed by atoms with E-state index >= 15 is 0 Å². The summed E-state index contributed by atoms with van der Waals surface area (Å²) in [6, 6.07) is 37.2. The monoisotopic (exact) mass is 718 g/mol. The Hall–Kier alpha value is -4.42. The van der Waals surface area contributed by atoms with Gasteiger partial charge >= 0.3 is 0 Å². The van der Waals surface area contributed by atoms with Crippen molar-refractivity contribution in [3.8, 4) is 11.1 Å². The smallest absolute Gasteiger partial charge is 0.0129 e. The molecule has 0 saturated heterocycles. The van der Waals surface area contributed by atoms with Crippen LogP contribution in [0.1, 0.15) is 116 Å². The van der Waals surface area contributed by atoms with Crippen molar-refractivity contribution in [2.45, 2.75) is 100 Å². The molecule has 0 radical (unpaired) electrons. The van der Waals surface area contributed by atoms with Crippen LogP contribution >= 0.6 is 0 Å². The Bertz CT molecular complexity index is 2590. The molecule has 10 rings (SSSR count). The summed E-state index contributed by atoms with van der Waals surface area (Å²) in [5, 5.41) is 5.33. The van der Waals surface area contributed by atoms with Crippen LogP contribution in [-0.4, -0.2) is 0 Å². The van der Waals surface area contributed by atoms with Gasteiger partial charge in [-0.2, -0.15) is 0 Å². The molecule has 1 fully saturated rings. The molecule has 0 nitrogen and oxygen atoms in total. The molecule has 0 N–H and O–H groups in total. The van der Waals surface area contributed by atoms with E-state index in [0.29, 0.717) is 11.8 Å². The summed E-state index contributed by atoms with van der Waals surface area (Å²) < 4.78 is 0. The van der Waals surface area contributed by atoms with E-state index in [1.165, 1.54) is 55.8 Å². The van der Waals surface area contributed by atoms with Crippen molar-refractivity contribution in [3.05, 3.63) is 154 Å². The Balaban J connectivity index is 1.29. The maximum Gasteiger partial charge on any atom is 0.0129 e. The third-order valence-corrected chi connectivity index (χ3v) is 17.5. The molecule has 0 spiro atoms. The van der Waals surface area contributed by atoms with Crippen molar-refractivity contribution in [2.75, 3.05) is 0 Å². The third kappa shape index (κ3) is 4.19. The molecule has 0 aliphatic heterocycles. The molecule has 0 heteroatoms. The van der Waals surface area contributed by atoms with Crippen molar-refractivity contribution in [2.24, 2.45) is 33.0 Å². The predicted octanol–water partition coefficient (Wildman–Crippen LogP) is 15.3. The van der Waals surface area contributed by atoms with E-state index in [4.69, 9.17) is 0 Å². The fourth-order valence-corrected chi connectivity index (χ4v) is 13.5. The van der Waals surface area contributed by atoms with Gasteiger partial charge in [0.05, 0.1) is 0 Å². The van der Waals surface area contributed by atoms with Gasteiger partial charge in [0.2, 0.25) is 0 Å². The van der Waals surface area contributed by atoms with Crippen molar-refractivity contribution >= 4 is 33.2 Å². The topological polar surface area (TPSA) is 0 Å². The highest BCUT2D eigenvalue weighted by Crippen LogP contribution is 2.81. The summed E-state index contributed by atoms with van der Waals surface area (Å²) in [6.45, 7) is 23.8. The molecule has 0 bridgehead atoms. The molecule has 4 atom stereocenters. The van der Waals surface area contributed by atoms with E-state index in [9.17, 15) is 0 Å². The van der Waals surface area contributed by atoms with Crippen LogP contribution in [0, 0.1) is 33.0 Å². The van der Waals surface area contributed by atoms with E-state index in [2.05, 4.69) is 178 Å². The lowest BCUT2D eigenvalue weighted by Crippen LogP contribution is -2.68. The molecule has 4 unspecified atom stereocenters. The minimum Gasteiger partial charge on any atom is -0.0842 e. The molecule has 0 heterocycles. The Morgan fingerprint density at radius 1 is 0.673 bits per heavy atom. The van der Waals surface area contributed by atoms with E-state index in [0.717, 1.165) is 25.7 Å². The van der Waals surface area contributed by atoms with E-state index in [-0.39, 0.29) is 27.1 Å². The second-order valence-corrected chi connectivity index (χ2v) is 19.8. The minimum atomic E-state index is -0.0447. The van der Waals surface area contributed by atoms with Crippen LogP contribution in [0.5, 0.6) is 0 Å². The summed E-state index contributed by atoms with van der Waals surface area (Å²) in [6.07, 6.45) is 13.4. The molecule has 55 heavy (non-hydrogen) atoms. The molecular formula is C55H58. The Morgan fingerprint density at radius 2 is 1.36 bits per heavy atom. The van der Waals surface area contributed by atoms with Crippen LogP contribution in [0.25, 0.3) is 44.3 Å². The molecule has 0 amide bonds. The first-order chi connectivity index (χ1) is 26.3. The zero-order valence-electron chi connectivity index (χ0n) is 34.7. The van der Waals surface area contributed by atoms with Crippen LogP contribution < -0.4 is 0 Å². The fourth-order valence-electron chi connectivity index (χ4n) is 13.5. The number of fused-ring (bicyclic) bond motifs is 10. The molecule has 1 saturated carbocycles. The lowest BCUT2D eigenvalue weighted by Gasteiger charge is -2.75. The SMILES string of the molecule is CCCC1=Cc2c(-c3cc4ccccc4c4ccccc34)cccc2C1C1C2=C3Cc4ccccc4C3=C3C=CCCC3(C)C2(C)C(C)(C)C(C)(C)C1(C)C. The van der Waals surface area contributed by atoms with E-state index in [1.807, 2.05) is 0 Å². The Morgan fingerprint density at radius 3 is 2.15 bits per heavy atom. The van der Waals surface area contributed by atoms with Gasteiger partial charge in [-0.15, -0.1) is 0 Å². The number of rotatable bonds is 4. The normalized spacial score (nSPS) is 28.1. The van der Waals surface area contributed by atoms with Gasteiger partial charge in [-0.3, -0.25) is 0 Å². The Kier molecular flexibility index (Phi) is 7.37. The summed E-state index contributed by atoms with van der Waals surface area (Å²) in [5.41, 5.74) is 17.0. The van der Waals surface area contributed by atoms with Gasteiger partial charge in [0.25, 0.3) is 0 Å². The van der Waals surface area contributed by atoms with Gasteiger partial charge in [-0.05, 0) is 126 Å². The van der Waals surface area contributed by atoms with Gasteiger partial charge in [0, 0.05) is 16.7 Å². The number of allylic oxidation sites excluding steroid dienone is 7. The van der Waals surface area contributed by atoms with Crippen molar-refractivity contribution in [1.29, 1.82) is 0 Å². The standard InChI is InChI=1S/C55H58/c1-10-20-36-33-44-41(43-31-34-21-11-13-23-37(34)39-25-15-16-26-40(39)43)27-19-28-42(44)47(36)50-49-45-32-35-22-12-14-24-38(35)48(45)46-29-17-18-30-54(46,8)55(49,9)53(6,7)52(4,5)51(50,2)3/h11-17,19,21-29,31,33,47,50H,10,18,20,30,32H2,1-9H3. The quantitative estimate of drug-likeness (QED) is 0.162. The highest BCUT2D eigenvalue weighted by molar-refractivity contribution is 6.14. The van der Waals surface area contributed by atoms with Gasteiger partial charge in [0.1, 0.15) is 0 Å². The summed E-state index contributed by atoms with van der Waals surface area (Å²) in [4.78, 5) is 0. The van der Waals surface area contributed by atoms with Crippen LogP contribution in [-0.2, 0) is 6.42 Å². The zero-order valence-corrected chi connectivity index (χ0v) is 34.7. The highest BCUT2D eigenvalue weighted by atomic mass is 14.8. The largest absolute Gasteiger partial charge is 0.0842 e. The van der Waals surface area contributed by atoms with Crippen LogP contribution in [0.2, 0.25) is 0 Å².